The summed E-state index contributed by atoms with van der Waals surface area (Å²) in [6, 6.07) is 15.9. The number of halogens is 1. The highest BCUT2D eigenvalue weighted by atomic mass is 19.1. The summed E-state index contributed by atoms with van der Waals surface area (Å²) in [6.07, 6.45) is 2.39. The lowest BCUT2D eigenvalue weighted by atomic mass is 10.0. The number of rotatable bonds is 6. The van der Waals surface area contributed by atoms with Gasteiger partial charge in [0.25, 0.3) is 0 Å². The predicted molar refractivity (Wildman–Crippen MR) is 89.5 cm³/mol. The van der Waals surface area contributed by atoms with Gasteiger partial charge in [-0.3, -0.25) is 10.1 Å². The highest BCUT2D eigenvalue weighted by Crippen LogP contribution is 2.41. The fourth-order valence-electron chi connectivity index (χ4n) is 2.72. The molecule has 1 fully saturated rings. The second-order valence-electron chi connectivity index (χ2n) is 6.11. The number of carbonyl (C=O) groups is 1. The molecule has 0 bridgehead atoms. The number of hydrogen-bond acceptors (Lipinski definition) is 2. The average Bonchev–Trinajstić information content (AvgIpc) is 3.40. The van der Waals surface area contributed by atoms with Gasteiger partial charge in [0, 0.05) is 11.7 Å². The smallest absolute Gasteiger partial charge is 0.241 e. The molecule has 3 nitrogen and oxygen atoms in total. The summed E-state index contributed by atoms with van der Waals surface area (Å²) >= 11 is 0. The first kappa shape index (κ1) is 15.7. The second kappa shape index (κ2) is 6.92. The largest absolute Gasteiger partial charge is 0.325 e. The van der Waals surface area contributed by atoms with Crippen LogP contribution < -0.4 is 10.6 Å². The summed E-state index contributed by atoms with van der Waals surface area (Å²) in [5.74, 6) is 0.170. The zero-order valence-corrected chi connectivity index (χ0v) is 13.1. The van der Waals surface area contributed by atoms with Crippen molar-refractivity contribution in [2.45, 2.75) is 31.8 Å². The van der Waals surface area contributed by atoms with Gasteiger partial charge in [-0.05, 0) is 55.5 Å². The van der Waals surface area contributed by atoms with Crippen LogP contribution in [0.2, 0.25) is 0 Å². The van der Waals surface area contributed by atoms with Crippen molar-refractivity contribution in [1.29, 1.82) is 0 Å². The zero-order valence-electron chi connectivity index (χ0n) is 13.1. The predicted octanol–water partition coefficient (Wildman–Crippen LogP) is 3.89. The summed E-state index contributed by atoms with van der Waals surface area (Å²) in [7, 11) is 0. The molecule has 23 heavy (non-hydrogen) atoms. The van der Waals surface area contributed by atoms with Crippen LogP contribution in [0, 0.1) is 11.7 Å². The Bertz CT molecular complexity index is 653. The summed E-state index contributed by atoms with van der Waals surface area (Å²) in [5, 5.41) is 6.26. The molecule has 1 aliphatic rings. The third-order valence-electron chi connectivity index (χ3n) is 4.19. The quantitative estimate of drug-likeness (QED) is 0.849. The first-order valence-corrected chi connectivity index (χ1v) is 8.01. The highest BCUT2D eigenvalue weighted by molar-refractivity contribution is 5.94. The van der Waals surface area contributed by atoms with Gasteiger partial charge in [0.15, 0.2) is 0 Å². The Kier molecular flexibility index (Phi) is 4.72. The van der Waals surface area contributed by atoms with Gasteiger partial charge in [0.05, 0.1) is 6.04 Å². The van der Waals surface area contributed by atoms with Gasteiger partial charge in [-0.15, -0.1) is 0 Å². The van der Waals surface area contributed by atoms with E-state index in [2.05, 4.69) is 22.8 Å². The lowest BCUT2D eigenvalue weighted by Gasteiger charge is -2.23. The van der Waals surface area contributed by atoms with Crippen molar-refractivity contribution in [3.05, 3.63) is 66.0 Å². The Hall–Kier alpha value is -2.20. The standard InChI is InChI=1S/C19H21FN2O/c1-13(19(23)22-17-11-9-16(20)10-12-17)21-18(15-7-8-15)14-5-3-2-4-6-14/h2-6,9-13,15,18,21H,7-8H2,1H3,(H,22,23)/t13-,18+/m0/s1. The Morgan fingerprint density at radius 3 is 2.35 bits per heavy atom. The molecule has 4 heteroatoms. The van der Waals surface area contributed by atoms with E-state index >= 15 is 0 Å². The van der Waals surface area contributed by atoms with Crippen LogP contribution in [0.5, 0.6) is 0 Å². The Labute approximate surface area is 135 Å². The molecule has 2 aromatic rings. The lowest BCUT2D eigenvalue weighted by Crippen LogP contribution is -2.40. The van der Waals surface area contributed by atoms with E-state index in [0.717, 1.165) is 0 Å². The van der Waals surface area contributed by atoms with E-state index in [0.29, 0.717) is 11.6 Å². The monoisotopic (exact) mass is 312 g/mol. The Morgan fingerprint density at radius 1 is 1.09 bits per heavy atom. The number of anilines is 1. The normalized spacial score (nSPS) is 16.6. The van der Waals surface area contributed by atoms with Crippen molar-refractivity contribution in [3.8, 4) is 0 Å². The zero-order chi connectivity index (χ0) is 16.2. The first-order chi connectivity index (χ1) is 11.1. The molecule has 3 rings (SSSR count). The van der Waals surface area contributed by atoms with Gasteiger partial charge in [0.1, 0.15) is 5.82 Å². The Balaban J connectivity index is 1.63. The average molecular weight is 312 g/mol. The van der Waals surface area contributed by atoms with E-state index in [1.165, 1.54) is 30.5 Å². The number of hydrogen-bond donors (Lipinski definition) is 2. The van der Waals surface area contributed by atoms with Crippen LogP contribution in [0.3, 0.4) is 0 Å². The molecule has 0 aromatic heterocycles. The van der Waals surface area contributed by atoms with Gasteiger partial charge in [-0.2, -0.15) is 0 Å². The van der Waals surface area contributed by atoms with Crippen molar-refractivity contribution in [1.82, 2.24) is 5.32 Å². The maximum absolute atomic E-state index is 12.9. The van der Waals surface area contributed by atoms with E-state index in [4.69, 9.17) is 0 Å². The van der Waals surface area contributed by atoms with Crippen LogP contribution in [0.1, 0.15) is 31.4 Å². The molecule has 0 unspecified atom stereocenters. The van der Waals surface area contributed by atoms with Crippen molar-refractivity contribution < 1.29 is 9.18 Å². The van der Waals surface area contributed by atoms with Crippen LogP contribution in [-0.2, 0) is 4.79 Å². The van der Waals surface area contributed by atoms with Gasteiger partial charge < -0.3 is 5.32 Å². The molecule has 0 radical (unpaired) electrons. The van der Waals surface area contributed by atoms with Gasteiger partial charge in [-0.25, -0.2) is 4.39 Å². The third kappa shape index (κ3) is 4.17. The number of benzene rings is 2. The minimum atomic E-state index is -0.328. The third-order valence-corrected chi connectivity index (χ3v) is 4.19. The molecule has 0 heterocycles. The number of amides is 1. The molecule has 1 aliphatic carbocycles. The maximum atomic E-state index is 12.9. The molecule has 2 N–H and O–H groups in total. The highest BCUT2D eigenvalue weighted by Gasteiger charge is 2.33. The molecular formula is C19H21FN2O. The molecular weight excluding hydrogens is 291 g/mol. The van der Waals surface area contributed by atoms with Crippen molar-refractivity contribution in [3.63, 3.8) is 0 Å². The van der Waals surface area contributed by atoms with Gasteiger partial charge in [-0.1, -0.05) is 30.3 Å². The molecule has 2 aromatic carbocycles. The Morgan fingerprint density at radius 2 is 1.74 bits per heavy atom. The molecule has 0 spiro atoms. The molecule has 0 aliphatic heterocycles. The van der Waals surface area contributed by atoms with E-state index in [-0.39, 0.29) is 23.8 Å². The summed E-state index contributed by atoms with van der Waals surface area (Å²) < 4.78 is 12.9. The lowest BCUT2D eigenvalue weighted by molar-refractivity contribution is -0.118. The minimum Gasteiger partial charge on any atom is -0.325 e. The molecule has 1 amide bonds. The van der Waals surface area contributed by atoms with E-state index < -0.39 is 0 Å². The summed E-state index contributed by atoms with van der Waals surface area (Å²) in [4.78, 5) is 12.3. The fraction of sp³-hybridized carbons (Fsp3) is 0.316. The maximum Gasteiger partial charge on any atom is 0.241 e. The van der Waals surface area contributed by atoms with Crippen LogP contribution in [0.4, 0.5) is 10.1 Å². The number of carbonyl (C=O) groups excluding carboxylic acids is 1. The van der Waals surface area contributed by atoms with Crippen molar-refractivity contribution >= 4 is 11.6 Å². The second-order valence-corrected chi connectivity index (χ2v) is 6.11. The van der Waals surface area contributed by atoms with E-state index in [9.17, 15) is 9.18 Å². The molecule has 2 atom stereocenters. The number of nitrogens with one attached hydrogen (secondary N) is 2. The minimum absolute atomic E-state index is 0.113. The molecule has 1 saturated carbocycles. The van der Waals surface area contributed by atoms with Crippen LogP contribution in [0.25, 0.3) is 0 Å². The van der Waals surface area contributed by atoms with Crippen LogP contribution in [0.15, 0.2) is 54.6 Å². The SMILES string of the molecule is C[C@H](N[C@H](c1ccccc1)C1CC1)C(=O)Nc1ccc(F)cc1. The van der Waals surface area contributed by atoms with Crippen LogP contribution >= 0.6 is 0 Å². The fourth-order valence-corrected chi connectivity index (χ4v) is 2.72. The van der Waals surface area contributed by atoms with E-state index in [1.54, 1.807) is 12.1 Å². The van der Waals surface area contributed by atoms with E-state index in [1.807, 2.05) is 25.1 Å². The molecule has 0 saturated heterocycles. The topological polar surface area (TPSA) is 41.1 Å². The van der Waals surface area contributed by atoms with Gasteiger partial charge in [0.2, 0.25) is 5.91 Å². The first-order valence-electron chi connectivity index (χ1n) is 8.01. The summed E-state index contributed by atoms with van der Waals surface area (Å²) in [5.41, 5.74) is 1.82. The summed E-state index contributed by atoms with van der Waals surface area (Å²) in [6.45, 7) is 1.86. The van der Waals surface area contributed by atoms with Crippen LogP contribution in [-0.4, -0.2) is 11.9 Å². The molecule has 120 valence electrons. The van der Waals surface area contributed by atoms with Gasteiger partial charge >= 0.3 is 0 Å². The van der Waals surface area contributed by atoms with Crippen molar-refractivity contribution in [2.75, 3.05) is 5.32 Å². The van der Waals surface area contributed by atoms with Crippen molar-refractivity contribution in [2.24, 2.45) is 5.92 Å².